The van der Waals surface area contributed by atoms with Crippen molar-refractivity contribution >= 4 is 0 Å². The van der Waals surface area contributed by atoms with Crippen molar-refractivity contribution in [3.8, 4) is 0 Å². The van der Waals surface area contributed by atoms with Gasteiger partial charge in [0.05, 0.1) is 0 Å². The van der Waals surface area contributed by atoms with E-state index in [4.69, 9.17) is 0 Å². The lowest BCUT2D eigenvalue weighted by molar-refractivity contribution is -0.0145. The van der Waals surface area contributed by atoms with Gasteiger partial charge in [0.2, 0.25) is 0 Å². The Morgan fingerprint density at radius 2 is 1.30 bits per heavy atom. The average Bonchev–Trinajstić information content (AvgIpc) is 2.36. The Bertz CT molecular complexity index is 316. The molecule has 0 aromatic heterocycles. The van der Waals surface area contributed by atoms with Crippen LogP contribution in [0.2, 0.25) is 0 Å². The van der Waals surface area contributed by atoms with E-state index in [0.29, 0.717) is 16.2 Å². The van der Waals surface area contributed by atoms with Crippen molar-refractivity contribution in [3.63, 3.8) is 0 Å². The number of fused-ring (bicyclic) bond motifs is 2. The first-order chi connectivity index (χ1) is 9.27. The quantitative estimate of drug-likeness (QED) is 0.448. The second kappa shape index (κ2) is 6.01. The van der Waals surface area contributed by atoms with E-state index in [1.807, 2.05) is 0 Å². The van der Waals surface area contributed by atoms with E-state index in [9.17, 15) is 0 Å². The summed E-state index contributed by atoms with van der Waals surface area (Å²) in [6.07, 6.45) is 16.1. The Labute approximate surface area is 128 Å². The second-order valence-corrected chi connectivity index (χ2v) is 9.53. The fourth-order valence-electron chi connectivity index (χ4n) is 4.99. The first-order valence-corrected chi connectivity index (χ1v) is 9.27. The van der Waals surface area contributed by atoms with E-state index in [-0.39, 0.29) is 0 Å². The Kier molecular flexibility index (Phi) is 4.92. The summed E-state index contributed by atoms with van der Waals surface area (Å²) in [7, 11) is 0. The predicted molar refractivity (Wildman–Crippen MR) is 89.9 cm³/mol. The normalized spacial score (nSPS) is 43.4. The molecule has 0 aromatic rings. The van der Waals surface area contributed by atoms with Gasteiger partial charge in [-0.3, -0.25) is 0 Å². The molecule has 0 heterocycles. The minimum atomic E-state index is 0.517. The zero-order valence-corrected chi connectivity index (χ0v) is 14.9. The fourth-order valence-corrected chi connectivity index (χ4v) is 4.99. The van der Waals surface area contributed by atoms with Crippen molar-refractivity contribution in [2.75, 3.05) is 0 Å². The van der Waals surface area contributed by atoms with E-state index in [0.717, 1.165) is 5.92 Å². The maximum Gasteiger partial charge on any atom is -0.0269 e. The molecule has 2 fully saturated rings. The molecule has 0 aliphatic heterocycles. The van der Waals surface area contributed by atoms with Crippen LogP contribution in [0.5, 0.6) is 0 Å². The van der Waals surface area contributed by atoms with Gasteiger partial charge in [-0.2, -0.15) is 0 Å². The van der Waals surface area contributed by atoms with Crippen LogP contribution >= 0.6 is 0 Å². The number of rotatable bonds is 0. The van der Waals surface area contributed by atoms with Crippen LogP contribution < -0.4 is 0 Å². The summed E-state index contributed by atoms with van der Waals surface area (Å²) < 4.78 is 0. The van der Waals surface area contributed by atoms with Gasteiger partial charge in [0.25, 0.3) is 0 Å². The number of hydrogen-bond donors (Lipinski definition) is 0. The molecule has 2 saturated carbocycles. The monoisotopic (exact) mass is 278 g/mol. The summed E-state index contributed by atoms with van der Waals surface area (Å²) in [4.78, 5) is 0. The van der Waals surface area contributed by atoms with Gasteiger partial charge in [-0.05, 0) is 54.3 Å². The van der Waals surface area contributed by atoms with Crippen LogP contribution in [0.1, 0.15) is 105 Å². The standard InChI is InChI=1S/C20H38/c1-17-10-14-19(4)13-9-7-6-8-12-18(2,3)20(5,16-19)15-11-17/h17H,6-16H2,1-5H3. The molecule has 0 amide bonds. The summed E-state index contributed by atoms with van der Waals surface area (Å²) in [5.41, 5.74) is 1.68. The van der Waals surface area contributed by atoms with E-state index in [1.165, 1.54) is 70.6 Å². The summed E-state index contributed by atoms with van der Waals surface area (Å²) in [5.74, 6) is 0.938. The summed E-state index contributed by atoms with van der Waals surface area (Å²) in [5, 5.41) is 0. The maximum atomic E-state index is 2.63. The first kappa shape index (κ1) is 16.4. The number of hydrogen-bond acceptors (Lipinski definition) is 0. The van der Waals surface area contributed by atoms with Crippen LogP contribution in [0.15, 0.2) is 0 Å². The van der Waals surface area contributed by atoms with Crippen LogP contribution in [-0.4, -0.2) is 0 Å². The summed E-state index contributed by atoms with van der Waals surface area (Å²) in [6.45, 7) is 12.9. The van der Waals surface area contributed by atoms with Gasteiger partial charge in [0.15, 0.2) is 0 Å². The fraction of sp³-hybridized carbons (Fsp3) is 1.00. The minimum Gasteiger partial charge on any atom is -0.0625 e. The Morgan fingerprint density at radius 3 is 2.00 bits per heavy atom. The van der Waals surface area contributed by atoms with E-state index in [1.54, 1.807) is 0 Å². The molecule has 2 aliphatic rings. The molecule has 0 heteroatoms. The molecule has 2 aliphatic carbocycles. The Balaban J connectivity index is 2.29. The van der Waals surface area contributed by atoms with Gasteiger partial charge in [0, 0.05) is 0 Å². The van der Waals surface area contributed by atoms with Crippen LogP contribution in [0.3, 0.4) is 0 Å². The maximum absolute atomic E-state index is 2.63. The van der Waals surface area contributed by atoms with E-state index < -0.39 is 0 Å². The highest BCUT2D eigenvalue weighted by Crippen LogP contribution is 2.56. The molecular weight excluding hydrogens is 240 g/mol. The van der Waals surface area contributed by atoms with Gasteiger partial charge in [0.1, 0.15) is 0 Å². The van der Waals surface area contributed by atoms with Gasteiger partial charge in [-0.1, -0.05) is 73.1 Å². The third kappa shape index (κ3) is 3.60. The average molecular weight is 279 g/mol. The van der Waals surface area contributed by atoms with E-state index in [2.05, 4.69) is 34.6 Å². The molecule has 0 nitrogen and oxygen atoms in total. The van der Waals surface area contributed by atoms with Gasteiger partial charge < -0.3 is 0 Å². The lowest BCUT2D eigenvalue weighted by Gasteiger charge is -2.52. The highest BCUT2D eigenvalue weighted by atomic mass is 14.5. The lowest BCUT2D eigenvalue weighted by atomic mass is 9.53. The van der Waals surface area contributed by atoms with Crippen LogP contribution in [0.4, 0.5) is 0 Å². The molecule has 2 bridgehead atoms. The first-order valence-electron chi connectivity index (χ1n) is 9.27. The van der Waals surface area contributed by atoms with Gasteiger partial charge in [-0.25, -0.2) is 0 Å². The molecular formula is C20H38. The zero-order valence-electron chi connectivity index (χ0n) is 14.9. The molecule has 3 atom stereocenters. The SMILES string of the molecule is CC1CCC2(C)CCCCCCC(C)(C)C(C)(CC1)C2. The molecule has 20 heavy (non-hydrogen) atoms. The highest BCUT2D eigenvalue weighted by molar-refractivity contribution is 4.96. The highest BCUT2D eigenvalue weighted by Gasteiger charge is 2.45. The van der Waals surface area contributed by atoms with E-state index >= 15 is 0 Å². The van der Waals surface area contributed by atoms with Crippen molar-refractivity contribution in [3.05, 3.63) is 0 Å². The Morgan fingerprint density at radius 1 is 0.700 bits per heavy atom. The van der Waals surface area contributed by atoms with Crippen LogP contribution in [0.25, 0.3) is 0 Å². The topological polar surface area (TPSA) is 0 Å². The molecule has 0 N–H and O–H groups in total. The molecule has 0 spiro atoms. The molecule has 0 radical (unpaired) electrons. The molecule has 0 saturated heterocycles. The van der Waals surface area contributed by atoms with Crippen molar-refractivity contribution in [2.24, 2.45) is 22.2 Å². The van der Waals surface area contributed by atoms with Crippen molar-refractivity contribution in [1.29, 1.82) is 0 Å². The van der Waals surface area contributed by atoms with Gasteiger partial charge in [-0.15, -0.1) is 0 Å². The Hall–Kier alpha value is 0. The molecule has 0 aromatic carbocycles. The third-order valence-corrected chi connectivity index (χ3v) is 7.21. The minimum absolute atomic E-state index is 0.517. The second-order valence-electron chi connectivity index (χ2n) is 9.53. The van der Waals surface area contributed by atoms with Crippen molar-refractivity contribution in [2.45, 2.75) is 105 Å². The van der Waals surface area contributed by atoms with Crippen molar-refractivity contribution < 1.29 is 0 Å². The largest absolute Gasteiger partial charge is 0.0625 e. The molecule has 118 valence electrons. The third-order valence-electron chi connectivity index (χ3n) is 7.21. The molecule has 2 rings (SSSR count). The summed E-state index contributed by atoms with van der Waals surface area (Å²) in [6, 6.07) is 0. The smallest absolute Gasteiger partial charge is 0.0269 e. The van der Waals surface area contributed by atoms with Crippen LogP contribution in [0, 0.1) is 22.2 Å². The predicted octanol–water partition coefficient (Wildman–Crippen LogP) is 6.98. The molecule has 3 unspecified atom stereocenters. The van der Waals surface area contributed by atoms with Crippen molar-refractivity contribution in [1.82, 2.24) is 0 Å². The van der Waals surface area contributed by atoms with Gasteiger partial charge >= 0.3 is 0 Å². The lowest BCUT2D eigenvalue weighted by Crippen LogP contribution is -2.41. The zero-order chi connectivity index (χ0) is 14.9. The summed E-state index contributed by atoms with van der Waals surface area (Å²) >= 11 is 0. The van der Waals surface area contributed by atoms with Crippen LogP contribution in [-0.2, 0) is 0 Å².